The Bertz CT molecular complexity index is 276. The molecule has 0 saturated carbocycles. The number of hydrogen-bond donors (Lipinski definition) is 0. The summed E-state index contributed by atoms with van der Waals surface area (Å²) in [4.78, 5) is 21.7. The lowest BCUT2D eigenvalue weighted by atomic mass is 10.0. The van der Waals surface area contributed by atoms with Gasteiger partial charge in [-0.2, -0.15) is 0 Å². The third-order valence-corrected chi connectivity index (χ3v) is 1.87. The third-order valence-electron chi connectivity index (χ3n) is 1.87. The van der Waals surface area contributed by atoms with Gasteiger partial charge in [0.2, 0.25) is 0 Å². The Labute approximate surface area is 77.1 Å². The predicted molar refractivity (Wildman–Crippen MR) is 47.8 cm³/mol. The molecule has 0 radical (unpaired) electrons. The van der Waals surface area contributed by atoms with Gasteiger partial charge in [0.1, 0.15) is 5.76 Å². The highest BCUT2D eigenvalue weighted by atomic mass is 16.5. The van der Waals surface area contributed by atoms with Crippen molar-refractivity contribution in [2.75, 3.05) is 0 Å². The van der Waals surface area contributed by atoms with Crippen molar-refractivity contribution in [2.24, 2.45) is 5.92 Å². The Kier molecular flexibility index (Phi) is 3.01. The molecule has 0 bridgehead atoms. The van der Waals surface area contributed by atoms with E-state index >= 15 is 0 Å². The minimum Gasteiger partial charge on any atom is -0.431 e. The van der Waals surface area contributed by atoms with Gasteiger partial charge in [0, 0.05) is 25.3 Å². The zero-order valence-corrected chi connectivity index (χ0v) is 7.58. The van der Waals surface area contributed by atoms with Crippen molar-refractivity contribution in [3.63, 3.8) is 0 Å². The Balaban J connectivity index is 2.67. The van der Waals surface area contributed by atoms with E-state index in [2.05, 4.69) is 6.58 Å². The van der Waals surface area contributed by atoms with Gasteiger partial charge in [-0.05, 0) is 6.42 Å². The zero-order valence-electron chi connectivity index (χ0n) is 7.58. The molecule has 0 heterocycles. The van der Waals surface area contributed by atoms with Crippen LogP contribution in [0.2, 0.25) is 0 Å². The van der Waals surface area contributed by atoms with Crippen LogP contribution in [0.25, 0.3) is 0 Å². The van der Waals surface area contributed by atoms with Gasteiger partial charge < -0.3 is 4.74 Å². The van der Waals surface area contributed by atoms with Crippen LogP contribution in [0.3, 0.4) is 0 Å². The molecule has 0 N–H and O–H groups in total. The fraction of sp³-hybridized carbons (Fsp3) is 0.400. The van der Waals surface area contributed by atoms with E-state index in [1.807, 2.05) is 0 Å². The molecule has 1 atom stereocenters. The molecule has 0 saturated heterocycles. The molecule has 1 aliphatic carbocycles. The Hall–Kier alpha value is -1.38. The number of carbonyl (C=O) groups is 2. The van der Waals surface area contributed by atoms with Crippen molar-refractivity contribution in [2.45, 2.75) is 19.8 Å². The Morgan fingerprint density at radius 1 is 1.85 bits per heavy atom. The lowest BCUT2D eigenvalue weighted by Crippen LogP contribution is -2.06. The van der Waals surface area contributed by atoms with Crippen LogP contribution >= 0.6 is 0 Å². The second kappa shape index (κ2) is 4.03. The number of allylic oxidation sites excluding steroid dienone is 3. The van der Waals surface area contributed by atoms with Crippen LogP contribution in [-0.4, -0.2) is 11.8 Å². The summed E-state index contributed by atoms with van der Waals surface area (Å²) in [6.45, 7) is 4.91. The van der Waals surface area contributed by atoms with Crippen LogP contribution in [0.4, 0.5) is 0 Å². The lowest BCUT2D eigenvalue weighted by molar-refractivity contribution is -0.137. The van der Waals surface area contributed by atoms with Gasteiger partial charge in [-0.25, -0.2) is 0 Å². The first-order valence-electron chi connectivity index (χ1n) is 4.17. The van der Waals surface area contributed by atoms with Gasteiger partial charge in [0.15, 0.2) is 5.78 Å². The van der Waals surface area contributed by atoms with Gasteiger partial charge in [-0.1, -0.05) is 6.08 Å². The largest absolute Gasteiger partial charge is 0.431 e. The monoisotopic (exact) mass is 180 g/mol. The average Bonchev–Trinajstić information content (AvgIpc) is 2.31. The molecule has 3 heteroatoms. The first-order valence-corrected chi connectivity index (χ1v) is 4.17. The second-order valence-electron chi connectivity index (χ2n) is 3.03. The molecule has 0 aromatic heterocycles. The van der Waals surface area contributed by atoms with Gasteiger partial charge in [-0.3, -0.25) is 9.59 Å². The molecular formula is C10H12O3. The van der Waals surface area contributed by atoms with E-state index in [0.29, 0.717) is 18.6 Å². The predicted octanol–water partition coefficient (Wildman–Crippen LogP) is 1.60. The fourth-order valence-corrected chi connectivity index (χ4v) is 1.36. The van der Waals surface area contributed by atoms with Crippen molar-refractivity contribution in [1.82, 2.24) is 0 Å². The number of ketones is 1. The van der Waals surface area contributed by atoms with E-state index in [1.165, 1.54) is 13.0 Å². The summed E-state index contributed by atoms with van der Waals surface area (Å²) in [6, 6.07) is 0. The molecule has 0 aliphatic heterocycles. The zero-order chi connectivity index (χ0) is 9.84. The molecule has 70 valence electrons. The van der Waals surface area contributed by atoms with Gasteiger partial charge in [-0.15, -0.1) is 6.58 Å². The first kappa shape index (κ1) is 9.71. The molecule has 0 spiro atoms. The lowest BCUT2D eigenvalue weighted by Gasteiger charge is -2.10. The molecular weight excluding hydrogens is 168 g/mol. The SMILES string of the molecule is C=CCC1CC(=O)C=C1OC(C)=O. The molecule has 1 aliphatic rings. The first-order chi connectivity index (χ1) is 6.13. The van der Waals surface area contributed by atoms with Gasteiger partial charge in [0.25, 0.3) is 0 Å². The van der Waals surface area contributed by atoms with E-state index in [0.717, 1.165) is 0 Å². The Morgan fingerprint density at radius 3 is 3.08 bits per heavy atom. The highest BCUT2D eigenvalue weighted by Crippen LogP contribution is 2.27. The standard InChI is InChI=1S/C10H12O3/c1-3-4-8-5-9(12)6-10(8)13-7(2)11/h3,6,8H,1,4-5H2,2H3. The van der Waals surface area contributed by atoms with Crippen LogP contribution in [0.15, 0.2) is 24.5 Å². The molecule has 0 aromatic rings. The Morgan fingerprint density at radius 2 is 2.54 bits per heavy atom. The van der Waals surface area contributed by atoms with Crippen LogP contribution in [0.5, 0.6) is 0 Å². The molecule has 0 aromatic carbocycles. The van der Waals surface area contributed by atoms with E-state index in [9.17, 15) is 9.59 Å². The highest BCUT2D eigenvalue weighted by molar-refractivity contribution is 5.93. The maximum Gasteiger partial charge on any atom is 0.307 e. The summed E-state index contributed by atoms with van der Waals surface area (Å²) >= 11 is 0. The quantitative estimate of drug-likeness (QED) is 0.489. The van der Waals surface area contributed by atoms with Crippen LogP contribution in [0, 0.1) is 5.92 Å². The summed E-state index contributed by atoms with van der Waals surface area (Å²) < 4.78 is 4.90. The van der Waals surface area contributed by atoms with Gasteiger partial charge in [0.05, 0.1) is 0 Å². The molecule has 1 rings (SSSR count). The summed E-state index contributed by atoms with van der Waals surface area (Å²) in [7, 11) is 0. The second-order valence-corrected chi connectivity index (χ2v) is 3.03. The van der Waals surface area contributed by atoms with Crippen molar-refractivity contribution in [3.05, 3.63) is 24.5 Å². The summed E-state index contributed by atoms with van der Waals surface area (Å²) in [6.07, 6.45) is 4.22. The van der Waals surface area contributed by atoms with Crippen LogP contribution in [-0.2, 0) is 14.3 Å². The minimum absolute atomic E-state index is 0.00824. The molecule has 0 fully saturated rings. The van der Waals surface area contributed by atoms with Crippen LogP contribution < -0.4 is 0 Å². The van der Waals surface area contributed by atoms with E-state index in [4.69, 9.17) is 4.74 Å². The normalized spacial score (nSPS) is 21.2. The van der Waals surface area contributed by atoms with E-state index < -0.39 is 0 Å². The topological polar surface area (TPSA) is 43.4 Å². The van der Waals surface area contributed by atoms with Crippen LogP contribution in [0.1, 0.15) is 19.8 Å². The summed E-state index contributed by atoms with van der Waals surface area (Å²) in [5.74, 6) is 0.129. The van der Waals surface area contributed by atoms with Crippen molar-refractivity contribution in [3.8, 4) is 0 Å². The maximum absolute atomic E-state index is 11.0. The van der Waals surface area contributed by atoms with Crippen molar-refractivity contribution < 1.29 is 14.3 Å². The van der Waals surface area contributed by atoms with Crippen molar-refractivity contribution in [1.29, 1.82) is 0 Å². The number of rotatable bonds is 3. The highest BCUT2D eigenvalue weighted by Gasteiger charge is 2.26. The third kappa shape index (κ3) is 2.54. The van der Waals surface area contributed by atoms with Crippen molar-refractivity contribution >= 4 is 11.8 Å². The number of hydrogen-bond acceptors (Lipinski definition) is 3. The van der Waals surface area contributed by atoms with E-state index in [-0.39, 0.29) is 17.7 Å². The number of ether oxygens (including phenoxy) is 1. The summed E-state index contributed by atoms with van der Waals surface area (Å²) in [5.41, 5.74) is 0. The maximum atomic E-state index is 11.0. The van der Waals surface area contributed by atoms with Gasteiger partial charge >= 0.3 is 5.97 Å². The smallest absolute Gasteiger partial charge is 0.307 e. The molecule has 13 heavy (non-hydrogen) atoms. The number of carbonyl (C=O) groups excluding carboxylic acids is 2. The number of esters is 1. The minimum atomic E-state index is -0.380. The molecule has 1 unspecified atom stereocenters. The fourth-order valence-electron chi connectivity index (χ4n) is 1.36. The molecule has 0 amide bonds. The molecule has 3 nitrogen and oxygen atoms in total. The summed E-state index contributed by atoms with van der Waals surface area (Å²) in [5, 5.41) is 0. The van der Waals surface area contributed by atoms with E-state index in [1.54, 1.807) is 6.08 Å². The average molecular weight is 180 g/mol.